The van der Waals surface area contributed by atoms with Crippen molar-refractivity contribution < 1.29 is 23.6 Å². The molecule has 1 amide bonds. The zero-order valence-corrected chi connectivity index (χ0v) is 16.7. The third-order valence-electron chi connectivity index (χ3n) is 4.21. The maximum atomic E-state index is 12.1. The summed E-state index contributed by atoms with van der Waals surface area (Å²) < 4.78 is 10.2. The standard InChI is InChI=1S/C22H21N3O5/c1-14-3-5-17(6-4-14)22-24-20(30-25-22)11-12-21(28)29-13-19(27)16-7-9-18(10-8-16)23-15(2)26/h3-10H,11-13H2,1-2H3,(H,23,26). The normalized spacial score (nSPS) is 10.5. The fraction of sp³-hybridized carbons (Fsp3) is 0.227. The van der Waals surface area contributed by atoms with Gasteiger partial charge in [0.1, 0.15) is 0 Å². The molecular weight excluding hydrogens is 386 g/mol. The molecule has 0 spiro atoms. The summed E-state index contributed by atoms with van der Waals surface area (Å²) in [4.78, 5) is 39.3. The summed E-state index contributed by atoms with van der Waals surface area (Å²) in [7, 11) is 0. The molecule has 1 heterocycles. The van der Waals surface area contributed by atoms with Crippen molar-refractivity contribution in [3.8, 4) is 11.4 Å². The number of esters is 1. The van der Waals surface area contributed by atoms with E-state index in [9.17, 15) is 14.4 Å². The van der Waals surface area contributed by atoms with Crippen molar-refractivity contribution in [2.45, 2.75) is 26.7 Å². The van der Waals surface area contributed by atoms with Crippen molar-refractivity contribution in [1.82, 2.24) is 10.1 Å². The summed E-state index contributed by atoms with van der Waals surface area (Å²) in [6, 6.07) is 14.0. The lowest BCUT2D eigenvalue weighted by Gasteiger charge is -2.05. The second-order valence-corrected chi connectivity index (χ2v) is 6.72. The molecule has 0 saturated heterocycles. The number of anilines is 1. The van der Waals surface area contributed by atoms with Crippen LogP contribution in [0.4, 0.5) is 5.69 Å². The molecule has 0 aliphatic heterocycles. The van der Waals surface area contributed by atoms with E-state index in [1.807, 2.05) is 31.2 Å². The summed E-state index contributed by atoms with van der Waals surface area (Å²) in [5.41, 5.74) is 2.92. The molecule has 0 saturated carbocycles. The molecule has 8 nitrogen and oxygen atoms in total. The number of carbonyl (C=O) groups is 3. The van der Waals surface area contributed by atoms with Crippen molar-refractivity contribution in [2.75, 3.05) is 11.9 Å². The molecular formula is C22H21N3O5. The molecule has 0 unspecified atom stereocenters. The zero-order chi connectivity index (χ0) is 21.5. The van der Waals surface area contributed by atoms with Gasteiger partial charge in [0, 0.05) is 30.2 Å². The van der Waals surface area contributed by atoms with Gasteiger partial charge < -0.3 is 14.6 Å². The molecule has 0 aliphatic rings. The Kier molecular flexibility index (Phi) is 6.69. The van der Waals surface area contributed by atoms with Gasteiger partial charge in [0.15, 0.2) is 12.4 Å². The Hall–Kier alpha value is -3.81. The predicted molar refractivity (Wildman–Crippen MR) is 109 cm³/mol. The van der Waals surface area contributed by atoms with E-state index in [1.54, 1.807) is 24.3 Å². The Morgan fingerprint density at radius 1 is 1.03 bits per heavy atom. The van der Waals surface area contributed by atoms with Crippen LogP contribution in [0.3, 0.4) is 0 Å². The zero-order valence-electron chi connectivity index (χ0n) is 16.7. The van der Waals surface area contributed by atoms with Crippen LogP contribution in [0.15, 0.2) is 53.1 Å². The molecule has 30 heavy (non-hydrogen) atoms. The van der Waals surface area contributed by atoms with Crippen LogP contribution in [0.2, 0.25) is 0 Å². The van der Waals surface area contributed by atoms with E-state index in [4.69, 9.17) is 9.26 Å². The quantitative estimate of drug-likeness (QED) is 0.450. The molecule has 3 aromatic rings. The van der Waals surface area contributed by atoms with Crippen LogP contribution in [-0.4, -0.2) is 34.4 Å². The highest BCUT2D eigenvalue weighted by molar-refractivity contribution is 5.98. The van der Waals surface area contributed by atoms with Gasteiger partial charge in [0.05, 0.1) is 6.42 Å². The number of nitrogens with one attached hydrogen (secondary N) is 1. The first kappa shape index (κ1) is 20.9. The van der Waals surface area contributed by atoms with E-state index in [0.717, 1.165) is 11.1 Å². The first-order chi connectivity index (χ1) is 14.4. The van der Waals surface area contributed by atoms with Crippen LogP contribution in [0, 0.1) is 6.92 Å². The number of Topliss-reactive ketones (excluding diaryl/α,β-unsaturated/α-hetero) is 1. The highest BCUT2D eigenvalue weighted by atomic mass is 16.5. The van der Waals surface area contributed by atoms with Gasteiger partial charge in [0.25, 0.3) is 0 Å². The number of carbonyl (C=O) groups excluding carboxylic acids is 3. The molecule has 0 radical (unpaired) electrons. The van der Waals surface area contributed by atoms with Crippen LogP contribution in [0.1, 0.15) is 35.2 Å². The molecule has 1 N–H and O–H groups in total. The number of nitrogens with zero attached hydrogens (tertiary/aromatic N) is 2. The van der Waals surface area contributed by atoms with E-state index in [0.29, 0.717) is 23.0 Å². The highest BCUT2D eigenvalue weighted by Gasteiger charge is 2.13. The number of amides is 1. The molecule has 8 heteroatoms. The molecule has 0 fully saturated rings. The highest BCUT2D eigenvalue weighted by Crippen LogP contribution is 2.17. The Labute approximate surface area is 173 Å². The molecule has 0 aliphatic carbocycles. The van der Waals surface area contributed by atoms with Gasteiger partial charge in [0.2, 0.25) is 17.6 Å². The monoisotopic (exact) mass is 407 g/mol. The number of aryl methyl sites for hydroxylation is 2. The Balaban J connectivity index is 1.45. The number of ether oxygens (including phenoxy) is 1. The number of aromatic nitrogens is 2. The van der Waals surface area contributed by atoms with Gasteiger partial charge in [-0.3, -0.25) is 14.4 Å². The van der Waals surface area contributed by atoms with E-state index in [1.165, 1.54) is 6.92 Å². The maximum Gasteiger partial charge on any atom is 0.306 e. The lowest BCUT2D eigenvalue weighted by molar-refractivity contribution is -0.142. The van der Waals surface area contributed by atoms with Crippen molar-refractivity contribution in [1.29, 1.82) is 0 Å². The van der Waals surface area contributed by atoms with Gasteiger partial charge in [-0.25, -0.2) is 0 Å². The first-order valence-corrected chi connectivity index (χ1v) is 9.37. The molecule has 0 bridgehead atoms. The summed E-state index contributed by atoms with van der Waals surface area (Å²) >= 11 is 0. The summed E-state index contributed by atoms with van der Waals surface area (Å²) in [5, 5.41) is 6.53. The topological polar surface area (TPSA) is 111 Å². The van der Waals surface area contributed by atoms with Crippen LogP contribution in [0.25, 0.3) is 11.4 Å². The third kappa shape index (κ3) is 5.84. The smallest absolute Gasteiger partial charge is 0.306 e. The van der Waals surface area contributed by atoms with Gasteiger partial charge in [-0.15, -0.1) is 0 Å². The minimum atomic E-state index is -0.534. The lowest BCUT2D eigenvalue weighted by Crippen LogP contribution is -2.14. The minimum Gasteiger partial charge on any atom is -0.457 e. The predicted octanol–water partition coefficient (Wildman–Crippen LogP) is 3.36. The van der Waals surface area contributed by atoms with Crippen LogP contribution in [-0.2, 0) is 20.7 Å². The Morgan fingerprint density at radius 2 is 1.73 bits per heavy atom. The van der Waals surface area contributed by atoms with E-state index in [-0.39, 0.29) is 31.1 Å². The molecule has 154 valence electrons. The minimum absolute atomic E-state index is 0.0181. The van der Waals surface area contributed by atoms with Crippen molar-refractivity contribution in [2.24, 2.45) is 0 Å². The first-order valence-electron chi connectivity index (χ1n) is 9.37. The fourth-order valence-corrected chi connectivity index (χ4v) is 2.63. The third-order valence-corrected chi connectivity index (χ3v) is 4.21. The lowest BCUT2D eigenvalue weighted by atomic mass is 10.1. The fourth-order valence-electron chi connectivity index (χ4n) is 2.63. The van der Waals surface area contributed by atoms with Crippen LogP contribution in [0.5, 0.6) is 0 Å². The van der Waals surface area contributed by atoms with E-state index < -0.39 is 5.97 Å². The maximum absolute atomic E-state index is 12.1. The summed E-state index contributed by atoms with van der Waals surface area (Å²) in [5.74, 6) is -0.292. The van der Waals surface area contributed by atoms with Crippen LogP contribution >= 0.6 is 0 Å². The molecule has 2 aromatic carbocycles. The second kappa shape index (κ2) is 9.60. The van der Waals surface area contributed by atoms with Crippen molar-refractivity contribution in [3.05, 3.63) is 65.5 Å². The average Bonchev–Trinajstić information content (AvgIpc) is 3.20. The molecule has 3 rings (SSSR count). The number of rotatable bonds is 8. The van der Waals surface area contributed by atoms with Crippen molar-refractivity contribution in [3.63, 3.8) is 0 Å². The number of hydrogen-bond acceptors (Lipinski definition) is 7. The summed E-state index contributed by atoms with van der Waals surface area (Å²) in [6.07, 6.45) is 0.238. The van der Waals surface area contributed by atoms with Gasteiger partial charge in [-0.1, -0.05) is 35.0 Å². The molecule has 1 aromatic heterocycles. The van der Waals surface area contributed by atoms with E-state index in [2.05, 4.69) is 15.5 Å². The van der Waals surface area contributed by atoms with Gasteiger partial charge in [-0.05, 0) is 31.2 Å². The largest absolute Gasteiger partial charge is 0.457 e. The summed E-state index contributed by atoms with van der Waals surface area (Å²) in [6.45, 7) is 3.02. The van der Waals surface area contributed by atoms with E-state index >= 15 is 0 Å². The second-order valence-electron chi connectivity index (χ2n) is 6.72. The van der Waals surface area contributed by atoms with Crippen LogP contribution < -0.4 is 5.32 Å². The average molecular weight is 407 g/mol. The van der Waals surface area contributed by atoms with Crippen molar-refractivity contribution >= 4 is 23.3 Å². The Bertz CT molecular complexity index is 1040. The van der Waals surface area contributed by atoms with Gasteiger partial charge in [-0.2, -0.15) is 4.98 Å². The Morgan fingerprint density at radius 3 is 2.40 bits per heavy atom. The molecule has 0 atom stereocenters. The SMILES string of the molecule is CC(=O)Nc1ccc(C(=O)COC(=O)CCc2nc(-c3ccc(C)cc3)no2)cc1. The number of ketones is 1. The number of benzene rings is 2. The number of hydrogen-bond donors (Lipinski definition) is 1. The van der Waals surface area contributed by atoms with Gasteiger partial charge >= 0.3 is 5.97 Å².